The molecule has 2 rings (SSSR count). The largest absolute Gasteiger partial charge is 0.325 e. The molecule has 2 aromatic rings. The van der Waals surface area contributed by atoms with Crippen molar-refractivity contribution in [3.05, 3.63) is 59.4 Å². The predicted octanol–water partition coefficient (Wildman–Crippen LogP) is 2.16. The van der Waals surface area contributed by atoms with Gasteiger partial charge in [-0.25, -0.2) is 0 Å². The Morgan fingerprint density at radius 2 is 2.00 bits per heavy atom. The van der Waals surface area contributed by atoms with Crippen LogP contribution >= 0.6 is 0 Å². The molecule has 1 unspecified atom stereocenters. The third kappa shape index (κ3) is 2.83. The van der Waals surface area contributed by atoms with Gasteiger partial charge >= 0.3 is 0 Å². The van der Waals surface area contributed by atoms with Gasteiger partial charge in [0.25, 0.3) is 0 Å². The first-order valence-corrected chi connectivity index (χ1v) is 7.11. The minimum absolute atomic E-state index is 0.376. The summed E-state index contributed by atoms with van der Waals surface area (Å²) in [6, 6.07) is 11.5. The molecule has 1 atom stereocenters. The fourth-order valence-corrected chi connectivity index (χ4v) is 3.18. The molecule has 3 nitrogen and oxygen atoms in total. The second-order valence-electron chi connectivity index (χ2n) is 4.07. The van der Waals surface area contributed by atoms with Gasteiger partial charge in [0.05, 0.1) is 22.2 Å². The molecule has 0 bridgehead atoms. The van der Waals surface area contributed by atoms with Gasteiger partial charge in [-0.2, -0.15) is 0 Å². The van der Waals surface area contributed by atoms with E-state index in [1.807, 2.05) is 43.3 Å². The van der Waals surface area contributed by atoms with Crippen molar-refractivity contribution in [3.63, 3.8) is 0 Å². The van der Waals surface area contributed by atoms with Crippen LogP contribution in [0.5, 0.6) is 0 Å². The molecule has 94 valence electrons. The van der Waals surface area contributed by atoms with Crippen LogP contribution in [0.4, 0.5) is 0 Å². The predicted molar refractivity (Wildman–Crippen MR) is 73.4 cm³/mol. The molecule has 0 aliphatic heterocycles. The molecular formula is C14H16N2OS. The average Bonchev–Trinajstić information content (AvgIpc) is 2.39. The third-order valence-electron chi connectivity index (χ3n) is 2.80. The first-order chi connectivity index (χ1) is 8.72. The summed E-state index contributed by atoms with van der Waals surface area (Å²) in [5, 5.41) is 0. The average molecular weight is 260 g/mol. The smallest absolute Gasteiger partial charge is 0.0580 e. The summed E-state index contributed by atoms with van der Waals surface area (Å²) in [6.07, 6.45) is 1.71. The van der Waals surface area contributed by atoms with Crippen molar-refractivity contribution in [1.29, 1.82) is 0 Å². The number of pyridine rings is 1. The second kappa shape index (κ2) is 5.89. The Hall–Kier alpha value is -1.52. The zero-order chi connectivity index (χ0) is 13.0. The van der Waals surface area contributed by atoms with Crippen molar-refractivity contribution in [2.45, 2.75) is 24.1 Å². The van der Waals surface area contributed by atoms with Crippen molar-refractivity contribution in [3.8, 4) is 0 Å². The highest BCUT2D eigenvalue weighted by atomic mass is 32.2. The van der Waals surface area contributed by atoms with Crippen molar-refractivity contribution in [2.75, 3.05) is 0 Å². The minimum Gasteiger partial charge on any atom is -0.325 e. The van der Waals surface area contributed by atoms with Crippen LogP contribution in [-0.2, 0) is 23.1 Å². The normalized spacial score (nSPS) is 12.3. The molecule has 0 spiro atoms. The zero-order valence-electron chi connectivity index (χ0n) is 10.3. The van der Waals surface area contributed by atoms with Crippen molar-refractivity contribution >= 4 is 10.8 Å². The van der Waals surface area contributed by atoms with Gasteiger partial charge < -0.3 is 5.73 Å². The molecule has 0 amide bonds. The summed E-state index contributed by atoms with van der Waals surface area (Å²) in [7, 11) is -1.05. The maximum Gasteiger partial charge on any atom is 0.0580 e. The lowest BCUT2D eigenvalue weighted by molar-refractivity contribution is 0.681. The first kappa shape index (κ1) is 12.9. The van der Waals surface area contributed by atoms with E-state index in [9.17, 15) is 4.21 Å². The van der Waals surface area contributed by atoms with E-state index in [4.69, 9.17) is 5.73 Å². The Kier molecular flexibility index (Phi) is 4.23. The second-order valence-corrected chi connectivity index (χ2v) is 5.49. The van der Waals surface area contributed by atoms with Gasteiger partial charge in [0, 0.05) is 17.6 Å². The summed E-state index contributed by atoms with van der Waals surface area (Å²) in [6.45, 7) is 2.35. The molecule has 0 aliphatic rings. The van der Waals surface area contributed by atoms with E-state index in [1.54, 1.807) is 6.20 Å². The lowest BCUT2D eigenvalue weighted by Crippen LogP contribution is -2.07. The number of rotatable bonds is 4. The van der Waals surface area contributed by atoms with E-state index in [1.165, 1.54) is 0 Å². The molecule has 1 aromatic carbocycles. The van der Waals surface area contributed by atoms with E-state index in [-0.39, 0.29) is 0 Å². The number of nitrogens with zero attached hydrogens (tertiary/aromatic N) is 1. The summed E-state index contributed by atoms with van der Waals surface area (Å²) >= 11 is 0. The van der Waals surface area contributed by atoms with E-state index in [0.717, 1.165) is 21.7 Å². The quantitative estimate of drug-likeness (QED) is 0.916. The van der Waals surface area contributed by atoms with Crippen LogP contribution in [0.25, 0.3) is 0 Å². The fraction of sp³-hybridized carbons (Fsp3) is 0.214. The summed E-state index contributed by atoms with van der Waals surface area (Å²) in [4.78, 5) is 5.09. The molecular weight excluding hydrogens is 244 g/mol. The van der Waals surface area contributed by atoms with E-state index < -0.39 is 10.8 Å². The molecule has 2 N–H and O–H groups in total. The standard InChI is InChI=1S/C14H16N2OS/c1-11-5-2-3-7-14(11)18(17)10-12-6-4-8-16-13(12)9-15/h2-8H,9-10,15H2,1H3. The Morgan fingerprint density at radius 1 is 1.22 bits per heavy atom. The Bertz CT molecular complexity index is 569. The summed E-state index contributed by atoms with van der Waals surface area (Å²) in [5.41, 5.74) is 8.46. The molecule has 1 aromatic heterocycles. The maximum atomic E-state index is 12.3. The van der Waals surface area contributed by atoms with Gasteiger partial charge in [-0.1, -0.05) is 24.3 Å². The Labute approximate surface area is 110 Å². The minimum atomic E-state index is -1.05. The Balaban J connectivity index is 2.24. The van der Waals surface area contributed by atoms with Gasteiger partial charge in [-0.3, -0.25) is 9.19 Å². The number of aromatic nitrogens is 1. The lowest BCUT2D eigenvalue weighted by atomic mass is 10.2. The molecule has 0 radical (unpaired) electrons. The summed E-state index contributed by atoms with van der Waals surface area (Å²) < 4.78 is 12.3. The lowest BCUT2D eigenvalue weighted by Gasteiger charge is -2.08. The number of hydrogen-bond acceptors (Lipinski definition) is 3. The SMILES string of the molecule is Cc1ccccc1S(=O)Cc1cccnc1CN. The van der Waals surface area contributed by atoms with E-state index in [2.05, 4.69) is 4.98 Å². The molecule has 0 fully saturated rings. The monoisotopic (exact) mass is 260 g/mol. The van der Waals surface area contributed by atoms with Crippen molar-refractivity contribution in [1.82, 2.24) is 4.98 Å². The highest BCUT2D eigenvalue weighted by Crippen LogP contribution is 2.17. The van der Waals surface area contributed by atoms with Crippen LogP contribution in [0.15, 0.2) is 47.5 Å². The van der Waals surface area contributed by atoms with Gasteiger partial charge in [-0.05, 0) is 30.2 Å². The molecule has 0 saturated carbocycles. The maximum absolute atomic E-state index is 12.3. The zero-order valence-corrected chi connectivity index (χ0v) is 11.1. The van der Waals surface area contributed by atoms with Gasteiger partial charge in [0.15, 0.2) is 0 Å². The van der Waals surface area contributed by atoms with Crippen LogP contribution in [0.1, 0.15) is 16.8 Å². The number of aryl methyl sites for hydroxylation is 1. The van der Waals surface area contributed by atoms with E-state index in [0.29, 0.717) is 12.3 Å². The van der Waals surface area contributed by atoms with Gasteiger partial charge in [0.2, 0.25) is 0 Å². The third-order valence-corrected chi connectivity index (χ3v) is 4.33. The topological polar surface area (TPSA) is 56.0 Å². The molecule has 1 heterocycles. The molecule has 0 aliphatic carbocycles. The van der Waals surface area contributed by atoms with Crippen LogP contribution in [0.2, 0.25) is 0 Å². The number of hydrogen-bond donors (Lipinski definition) is 1. The first-order valence-electron chi connectivity index (χ1n) is 5.79. The Morgan fingerprint density at radius 3 is 2.72 bits per heavy atom. The molecule has 0 saturated heterocycles. The fourth-order valence-electron chi connectivity index (χ4n) is 1.82. The number of benzene rings is 1. The van der Waals surface area contributed by atoms with Gasteiger partial charge in [-0.15, -0.1) is 0 Å². The molecule has 4 heteroatoms. The molecule has 18 heavy (non-hydrogen) atoms. The summed E-state index contributed by atoms with van der Waals surface area (Å²) in [5.74, 6) is 0.464. The van der Waals surface area contributed by atoms with Gasteiger partial charge in [0.1, 0.15) is 0 Å². The van der Waals surface area contributed by atoms with Crippen LogP contribution in [-0.4, -0.2) is 9.19 Å². The number of nitrogens with two attached hydrogens (primary N) is 1. The van der Waals surface area contributed by atoms with Crippen LogP contribution in [0.3, 0.4) is 0 Å². The van der Waals surface area contributed by atoms with E-state index >= 15 is 0 Å². The van der Waals surface area contributed by atoms with Crippen LogP contribution in [0, 0.1) is 6.92 Å². The highest BCUT2D eigenvalue weighted by Gasteiger charge is 2.10. The highest BCUT2D eigenvalue weighted by molar-refractivity contribution is 7.84. The van der Waals surface area contributed by atoms with Crippen molar-refractivity contribution < 1.29 is 4.21 Å². The van der Waals surface area contributed by atoms with Crippen molar-refractivity contribution in [2.24, 2.45) is 5.73 Å². The van der Waals surface area contributed by atoms with Crippen LogP contribution < -0.4 is 5.73 Å².